The third-order valence-corrected chi connectivity index (χ3v) is 3.98. The highest BCUT2D eigenvalue weighted by Crippen LogP contribution is 2.27. The van der Waals surface area contributed by atoms with Crippen LogP contribution in [-0.4, -0.2) is 5.11 Å². The van der Waals surface area contributed by atoms with Crippen molar-refractivity contribution in [3.8, 4) is 0 Å². The maximum absolute atomic E-state index is 13.9. The lowest BCUT2D eigenvalue weighted by molar-refractivity contribution is 0.153. The molecule has 1 nitrogen and oxygen atoms in total. The van der Waals surface area contributed by atoms with E-state index >= 15 is 0 Å². The van der Waals surface area contributed by atoms with Crippen LogP contribution in [0.5, 0.6) is 0 Å². The van der Waals surface area contributed by atoms with Crippen molar-refractivity contribution in [3.05, 3.63) is 34.9 Å². The van der Waals surface area contributed by atoms with Gasteiger partial charge in [-0.3, -0.25) is 0 Å². The van der Waals surface area contributed by atoms with Crippen LogP contribution < -0.4 is 0 Å². The molecular formula is C18H28F2O. The largest absolute Gasteiger partial charge is 0.388 e. The molecule has 1 atom stereocenters. The molecule has 0 aliphatic rings. The number of aryl methyl sites for hydroxylation is 1. The number of aliphatic hydroxyl groups excluding tert-OH is 1. The van der Waals surface area contributed by atoms with E-state index < -0.39 is 17.7 Å². The van der Waals surface area contributed by atoms with E-state index in [-0.39, 0.29) is 5.56 Å². The normalized spacial score (nSPS) is 12.6. The zero-order valence-electron chi connectivity index (χ0n) is 13.3. The Balaban J connectivity index is 2.28. The van der Waals surface area contributed by atoms with Crippen LogP contribution in [-0.2, 0) is 0 Å². The van der Waals surface area contributed by atoms with Crippen LogP contribution in [0, 0.1) is 18.6 Å². The van der Waals surface area contributed by atoms with Gasteiger partial charge in [0.05, 0.1) is 11.7 Å². The number of hydrogen-bond donors (Lipinski definition) is 1. The molecule has 1 N–H and O–H groups in total. The Bertz CT molecular complexity index is 418. The van der Waals surface area contributed by atoms with Crippen molar-refractivity contribution >= 4 is 0 Å². The quantitative estimate of drug-likeness (QED) is 0.538. The van der Waals surface area contributed by atoms with Crippen molar-refractivity contribution < 1.29 is 13.9 Å². The van der Waals surface area contributed by atoms with Crippen molar-refractivity contribution in [2.24, 2.45) is 0 Å². The van der Waals surface area contributed by atoms with E-state index in [1.54, 1.807) is 6.92 Å². The van der Waals surface area contributed by atoms with E-state index in [0.717, 1.165) is 19.3 Å². The summed E-state index contributed by atoms with van der Waals surface area (Å²) < 4.78 is 27.5. The fourth-order valence-corrected chi connectivity index (χ4v) is 2.60. The van der Waals surface area contributed by atoms with Crippen molar-refractivity contribution in [2.45, 2.75) is 77.7 Å². The molecule has 0 aliphatic carbocycles. The molecule has 1 aromatic rings. The molecule has 1 aromatic carbocycles. The molecule has 0 aliphatic heterocycles. The molecule has 0 fully saturated rings. The van der Waals surface area contributed by atoms with Crippen LogP contribution in [0.15, 0.2) is 12.1 Å². The minimum Gasteiger partial charge on any atom is -0.388 e. The van der Waals surface area contributed by atoms with E-state index in [2.05, 4.69) is 6.92 Å². The van der Waals surface area contributed by atoms with Crippen LogP contribution in [0.3, 0.4) is 0 Å². The van der Waals surface area contributed by atoms with Gasteiger partial charge in [-0.05, 0) is 25.0 Å². The molecule has 0 spiro atoms. The summed E-state index contributed by atoms with van der Waals surface area (Å²) in [7, 11) is 0. The minimum atomic E-state index is -1.04. The van der Waals surface area contributed by atoms with Gasteiger partial charge >= 0.3 is 0 Å². The Labute approximate surface area is 127 Å². The minimum absolute atomic E-state index is 0.169. The maximum Gasteiger partial charge on any atom is 0.134 e. The van der Waals surface area contributed by atoms with Gasteiger partial charge in [0, 0.05) is 0 Å². The zero-order chi connectivity index (χ0) is 15.7. The van der Waals surface area contributed by atoms with Crippen LogP contribution in [0.1, 0.15) is 81.9 Å². The smallest absolute Gasteiger partial charge is 0.134 e. The second-order valence-electron chi connectivity index (χ2n) is 5.87. The molecule has 0 heterocycles. The van der Waals surface area contributed by atoms with Crippen LogP contribution in [0.2, 0.25) is 0 Å². The summed E-state index contributed by atoms with van der Waals surface area (Å²) in [6.45, 7) is 3.78. The summed E-state index contributed by atoms with van der Waals surface area (Å²) in [5.74, 6) is -1.26. The predicted molar refractivity (Wildman–Crippen MR) is 83.3 cm³/mol. The second kappa shape index (κ2) is 9.88. The Morgan fingerprint density at radius 2 is 1.52 bits per heavy atom. The molecule has 3 heteroatoms. The van der Waals surface area contributed by atoms with Crippen molar-refractivity contribution in [1.82, 2.24) is 0 Å². The summed E-state index contributed by atoms with van der Waals surface area (Å²) in [5, 5.41) is 10.00. The van der Waals surface area contributed by atoms with Gasteiger partial charge in [-0.2, -0.15) is 0 Å². The van der Waals surface area contributed by atoms with Gasteiger partial charge in [0.25, 0.3) is 0 Å². The van der Waals surface area contributed by atoms with E-state index in [1.807, 2.05) is 0 Å². The average Bonchev–Trinajstić information content (AvgIpc) is 2.46. The van der Waals surface area contributed by atoms with Gasteiger partial charge in [0.2, 0.25) is 0 Å². The molecule has 0 amide bonds. The van der Waals surface area contributed by atoms with Gasteiger partial charge in [-0.25, -0.2) is 8.78 Å². The summed E-state index contributed by atoms with van der Waals surface area (Å²) in [6.07, 6.45) is 8.65. The topological polar surface area (TPSA) is 20.2 Å². The number of halogens is 2. The monoisotopic (exact) mass is 298 g/mol. The highest BCUT2D eigenvalue weighted by molar-refractivity contribution is 5.28. The van der Waals surface area contributed by atoms with Crippen LogP contribution >= 0.6 is 0 Å². The first-order valence-corrected chi connectivity index (χ1v) is 8.20. The van der Waals surface area contributed by atoms with Crippen molar-refractivity contribution in [1.29, 1.82) is 0 Å². The first-order valence-electron chi connectivity index (χ1n) is 8.20. The third-order valence-electron chi connectivity index (χ3n) is 3.98. The predicted octanol–water partition coefficient (Wildman–Crippen LogP) is 5.84. The summed E-state index contributed by atoms with van der Waals surface area (Å²) in [5.41, 5.74) is 0.208. The Kier molecular flexibility index (Phi) is 8.51. The van der Waals surface area contributed by atoms with E-state index in [0.29, 0.717) is 12.0 Å². The van der Waals surface area contributed by atoms with Gasteiger partial charge in [0.15, 0.2) is 0 Å². The zero-order valence-corrected chi connectivity index (χ0v) is 13.3. The van der Waals surface area contributed by atoms with Crippen molar-refractivity contribution in [3.63, 3.8) is 0 Å². The number of unbranched alkanes of at least 4 members (excludes halogenated alkanes) is 7. The Hall–Kier alpha value is -0.960. The lowest BCUT2D eigenvalue weighted by Crippen LogP contribution is -2.05. The highest BCUT2D eigenvalue weighted by Gasteiger charge is 2.19. The number of hydrogen-bond acceptors (Lipinski definition) is 1. The number of rotatable bonds is 10. The van der Waals surface area contributed by atoms with Crippen molar-refractivity contribution in [2.75, 3.05) is 0 Å². The lowest BCUT2D eigenvalue weighted by Gasteiger charge is -2.14. The molecule has 1 unspecified atom stereocenters. The molecule has 0 bridgehead atoms. The summed E-state index contributed by atoms with van der Waals surface area (Å²) in [4.78, 5) is 0. The molecule has 0 aromatic heterocycles. The molecular weight excluding hydrogens is 270 g/mol. The van der Waals surface area contributed by atoms with Gasteiger partial charge in [-0.1, -0.05) is 64.4 Å². The lowest BCUT2D eigenvalue weighted by atomic mass is 9.99. The summed E-state index contributed by atoms with van der Waals surface area (Å²) >= 11 is 0. The first kappa shape index (κ1) is 18.1. The van der Waals surface area contributed by atoms with Gasteiger partial charge < -0.3 is 5.11 Å². The molecule has 0 saturated heterocycles. The fraction of sp³-hybridized carbons (Fsp3) is 0.667. The molecule has 0 saturated carbocycles. The summed E-state index contributed by atoms with van der Waals surface area (Å²) in [6, 6.07) is 2.63. The number of aliphatic hydroxyl groups is 1. The maximum atomic E-state index is 13.9. The van der Waals surface area contributed by atoms with Crippen LogP contribution in [0.4, 0.5) is 8.78 Å². The van der Waals surface area contributed by atoms with E-state index in [1.165, 1.54) is 44.2 Å². The standard InChI is InChI=1S/C18H28F2O/c1-3-4-5-6-7-8-9-10-11-16(21)17-15(19)13-12-14(2)18(17)20/h12-13,16,21H,3-11H2,1-2H3. The molecule has 0 radical (unpaired) electrons. The van der Waals surface area contributed by atoms with E-state index in [4.69, 9.17) is 0 Å². The first-order chi connectivity index (χ1) is 10.1. The fourth-order valence-electron chi connectivity index (χ4n) is 2.60. The van der Waals surface area contributed by atoms with Gasteiger partial charge in [-0.15, -0.1) is 0 Å². The van der Waals surface area contributed by atoms with Crippen LogP contribution in [0.25, 0.3) is 0 Å². The highest BCUT2D eigenvalue weighted by atomic mass is 19.1. The third kappa shape index (κ3) is 6.13. The average molecular weight is 298 g/mol. The Morgan fingerprint density at radius 3 is 2.14 bits per heavy atom. The van der Waals surface area contributed by atoms with Gasteiger partial charge in [0.1, 0.15) is 11.6 Å². The molecule has 1 rings (SSSR count). The number of benzene rings is 1. The molecule has 21 heavy (non-hydrogen) atoms. The van der Waals surface area contributed by atoms with E-state index in [9.17, 15) is 13.9 Å². The second-order valence-corrected chi connectivity index (χ2v) is 5.87. The molecule has 120 valence electrons. The Morgan fingerprint density at radius 1 is 0.952 bits per heavy atom. The SMILES string of the molecule is CCCCCCCCCCC(O)c1c(F)ccc(C)c1F.